The van der Waals surface area contributed by atoms with Crippen LogP contribution in [0.4, 0.5) is 8.78 Å². The maximum Gasteiger partial charge on any atom is 0.191 e. The summed E-state index contributed by atoms with van der Waals surface area (Å²) >= 11 is 0. The molecule has 0 amide bonds. The number of aromatic nitrogens is 3. The summed E-state index contributed by atoms with van der Waals surface area (Å²) in [5, 5.41) is 3.70. The molecular weight excluding hydrogens is 532 g/mol. The molecule has 1 fully saturated rings. The molecule has 0 unspecified atom stereocenters. The topological polar surface area (TPSA) is 81.9 Å². The SMILES string of the molecule is Cc1ccnc(C(=O)[C@]23Cc4cnn(-c5ccc(F)cc5)c4C=C2CC[C@H](S(=O)(=O)c2ccc(F)c(C)c2)C3)c1. The van der Waals surface area contributed by atoms with Crippen LogP contribution in [0, 0.1) is 30.9 Å². The van der Waals surface area contributed by atoms with Crippen LogP contribution < -0.4 is 0 Å². The van der Waals surface area contributed by atoms with Crippen molar-refractivity contribution in [3.63, 3.8) is 0 Å². The molecule has 9 heteroatoms. The number of carbonyl (C=O) groups is 1. The summed E-state index contributed by atoms with van der Waals surface area (Å²) in [6, 6.07) is 13.4. The van der Waals surface area contributed by atoms with Crippen molar-refractivity contribution in [2.24, 2.45) is 5.41 Å². The van der Waals surface area contributed by atoms with Crippen LogP contribution in [0.25, 0.3) is 11.8 Å². The van der Waals surface area contributed by atoms with E-state index in [0.29, 0.717) is 18.5 Å². The second-order valence-electron chi connectivity index (χ2n) is 10.7. The van der Waals surface area contributed by atoms with Gasteiger partial charge < -0.3 is 0 Å². The lowest BCUT2D eigenvalue weighted by Crippen LogP contribution is -2.45. The number of fused-ring (bicyclic) bond motifs is 2. The van der Waals surface area contributed by atoms with Gasteiger partial charge in [0.05, 0.1) is 33.1 Å². The van der Waals surface area contributed by atoms with Gasteiger partial charge in [-0.2, -0.15) is 5.10 Å². The van der Waals surface area contributed by atoms with E-state index in [1.165, 1.54) is 37.3 Å². The van der Waals surface area contributed by atoms with Gasteiger partial charge in [0.15, 0.2) is 15.6 Å². The monoisotopic (exact) mass is 559 g/mol. The molecule has 0 radical (unpaired) electrons. The minimum atomic E-state index is -3.86. The van der Waals surface area contributed by atoms with Crippen molar-refractivity contribution in [1.82, 2.24) is 14.8 Å². The molecule has 0 N–H and O–H groups in total. The van der Waals surface area contributed by atoms with Gasteiger partial charge in [-0.05, 0) is 117 Å². The molecule has 0 saturated heterocycles. The molecule has 2 heterocycles. The minimum absolute atomic E-state index is 0.0562. The first-order valence-electron chi connectivity index (χ1n) is 13.1. The van der Waals surface area contributed by atoms with Crippen LogP contribution in [0.5, 0.6) is 0 Å². The highest BCUT2D eigenvalue weighted by Gasteiger charge is 2.52. The molecule has 2 atom stereocenters. The Hall–Kier alpha value is -3.98. The Morgan fingerprint density at radius 3 is 2.55 bits per heavy atom. The molecule has 6 rings (SSSR count). The summed E-state index contributed by atoms with van der Waals surface area (Å²) in [7, 11) is -3.86. The Labute approximate surface area is 231 Å². The number of benzene rings is 2. The Morgan fingerprint density at radius 2 is 1.82 bits per heavy atom. The van der Waals surface area contributed by atoms with Gasteiger partial charge in [-0.1, -0.05) is 5.57 Å². The number of nitrogens with zero attached hydrogens (tertiary/aromatic N) is 3. The number of pyridine rings is 1. The molecule has 204 valence electrons. The molecule has 0 spiro atoms. The van der Waals surface area contributed by atoms with E-state index in [2.05, 4.69) is 10.1 Å². The van der Waals surface area contributed by atoms with Crippen molar-refractivity contribution in [2.45, 2.75) is 49.7 Å². The fourth-order valence-electron chi connectivity index (χ4n) is 6.01. The molecule has 2 aliphatic carbocycles. The van der Waals surface area contributed by atoms with Gasteiger partial charge >= 0.3 is 0 Å². The number of hydrogen-bond acceptors (Lipinski definition) is 5. The van der Waals surface area contributed by atoms with Crippen LogP contribution in [0.1, 0.15) is 52.1 Å². The average molecular weight is 560 g/mol. The Kier molecular flexibility index (Phi) is 6.29. The average Bonchev–Trinajstić information content (AvgIpc) is 3.35. The highest BCUT2D eigenvalue weighted by atomic mass is 32.2. The van der Waals surface area contributed by atoms with Crippen LogP contribution >= 0.6 is 0 Å². The predicted octanol–water partition coefficient (Wildman–Crippen LogP) is 6.00. The summed E-state index contributed by atoms with van der Waals surface area (Å²) in [6.07, 6.45) is 6.25. The highest BCUT2D eigenvalue weighted by Crippen LogP contribution is 2.52. The number of halogens is 2. The number of ketones is 1. The van der Waals surface area contributed by atoms with Gasteiger partial charge in [0.2, 0.25) is 0 Å². The number of hydrogen-bond donors (Lipinski definition) is 0. The van der Waals surface area contributed by atoms with E-state index >= 15 is 0 Å². The molecule has 0 aliphatic heterocycles. The van der Waals surface area contributed by atoms with E-state index in [9.17, 15) is 22.0 Å². The molecule has 2 aliphatic rings. The fraction of sp³-hybridized carbons (Fsp3) is 0.258. The van der Waals surface area contributed by atoms with Crippen LogP contribution in [-0.2, 0) is 16.3 Å². The number of rotatable bonds is 5. The lowest BCUT2D eigenvalue weighted by molar-refractivity contribution is 0.0796. The first kappa shape index (κ1) is 26.3. The Bertz CT molecular complexity index is 1790. The van der Waals surface area contributed by atoms with Gasteiger partial charge in [0.1, 0.15) is 17.3 Å². The van der Waals surface area contributed by atoms with E-state index in [1.807, 2.05) is 19.1 Å². The quantitative estimate of drug-likeness (QED) is 0.221. The van der Waals surface area contributed by atoms with Gasteiger partial charge in [-0.15, -0.1) is 0 Å². The van der Waals surface area contributed by atoms with Crippen LogP contribution in [0.15, 0.2) is 77.5 Å². The first-order chi connectivity index (χ1) is 19.1. The zero-order valence-corrected chi connectivity index (χ0v) is 22.9. The summed E-state index contributed by atoms with van der Waals surface area (Å²) in [6.45, 7) is 3.41. The van der Waals surface area contributed by atoms with Crippen molar-refractivity contribution >= 4 is 21.7 Å². The number of Topliss-reactive ketones (excluding diaryl/α,β-unsaturated/α-hetero) is 1. The summed E-state index contributed by atoms with van der Waals surface area (Å²) in [5.74, 6) is -1.05. The van der Waals surface area contributed by atoms with Gasteiger partial charge in [0.25, 0.3) is 0 Å². The molecule has 0 bridgehead atoms. The van der Waals surface area contributed by atoms with Crippen LogP contribution in [-0.4, -0.2) is 34.2 Å². The minimum Gasteiger partial charge on any atom is -0.291 e. The summed E-state index contributed by atoms with van der Waals surface area (Å²) in [4.78, 5) is 18.7. The van der Waals surface area contributed by atoms with Crippen molar-refractivity contribution in [3.8, 4) is 5.69 Å². The van der Waals surface area contributed by atoms with Crippen LogP contribution in [0.3, 0.4) is 0 Å². The van der Waals surface area contributed by atoms with E-state index in [4.69, 9.17) is 0 Å². The van der Waals surface area contributed by atoms with Gasteiger partial charge in [-0.3, -0.25) is 9.78 Å². The van der Waals surface area contributed by atoms with E-state index in [0.717, 1.165) is 22.4 Å². The molecular formula is C31H27F2N3O3S. The zero-order chi connectivity index (χ0) is 28.2. The number of carbonyl (C=O) groups excluding carboxylic acids is 1. The second kappa shape index (κ2) is 9.59. The Morgan fingerprint density at radius 1 is 1.05 bits per heavy atom. The fourth-order valence-corrected chi connectivity index (χ4v) is 7.93. The van der Waals surface area contributed by atoms with Crippen molar-refractivity contribution in [3.05, 3.63) is 112 Å². The van der Waals surface area contributed by atoms with Gasteiger partial charge in [0, 0.05) is 6.20 Å². The number of allylic oxidation sites excluding steroid dienone is 1. The number of sulfone groups is 1. The highest BCUT2D eigenvalue weighted by molar-refractivity contribution is 7.92. The lowest BCUT2D eigenvalue weighted by atomic mass is 9.61. The van der Waals surface area contributed by atoms with Crippen LogP contribution in [0.2, 0.25) is 0 Å². The van der Waals surface area contributed by atoms with E-state index < -0.39 is 26.3 Å². The second-order valence-corrected chi connectivity index (χ2v) is 13.0. The molecule has 4 aromatic rings. The molecule has 40 heavy (non-hydrogen) atoms. The third kappa shape index (κ3) is 4.29. The third-order valence-electron chi connectivity index (χ3n) is 8.17. The predicted molar refractivity (Wildman–Crippen MR) is 147 cm³/mol. The van der Waals surface area contributed by atoms with Crippen molar-refractivity contribution in [2.75, 3.05) is 0 Å². The maximum atomic E-state index is 14.3. The smallest absolute Gasteiger partial charge is 0.191 e. The van der Waals surface area contributed by atoms with Crippen molar-refractivity contribution in [1.29, 1.82) is 0 Å². The third-order valence-corrected chi connectivity index (χ3v) is 10.4. The zero-order valence-electron chi connectivity index (χ0n) is 22.1. The normalized spacial score (nSPS) is 20.4. The van der Waals surface area contributed by atoms with Crippen molar-refractivity contribution < 1.29 is 22.0 Å². The van der Waals surface area contributed by atoms with E-state index in [-0.39, 0.29) is 40.6 Å². The number of aryl methyl sites for hydroxylation is 2. The first-order valence-corrected chi connectivity index (χ1v) is 14.6. The lowest BCUT2D eigenvalue weighted by Gasteiger charge is -2.43. The molecule has 6 nitrogen and oxygen atoms in total. The Balaban J connectivity index is 1.46. The molecule has 1 saturated carbocycles. The van der Waals surface area contributed by atoms with Gasteiger partial charge in [-0.25, -0.2) is 21.9 Å². The molecule has 2 aromatic carbocycles. The summed E-state index contributed by atoms with van der Waals surface area (Å²) in [5.41, 5.74) is 3.39. The largest absolute Gasteiger partial charge is 0.291 e. The standard InChI is InChI=1S/C31H27F2N3O3S/c1-19-11-12-34-28(13-19)30(37)31-16-21-18-35-36(24-6-4-23(32)5-7-24)29(21)15-22(31)3-8-26(17-31)40(38,39)25-9-10-27(33)20(2)14-25/h4-7,9-15,18,26H,3,8,16-17H2,1-2H3/t26-,31-/m0/s1. The maximum absolute atomic E-state index is 14.3. The van der Waals surface area contributed by atoms with E-state index in [1.54, 1.807) is 35.3 Å². The molecule has 2 aromatic heterocycles. The summed E-state index contributed by atoms with van der Waals surface area (Å²) < 4.78 is 56.9.